The highest BCUT2D eigenvalue weighted by Gasteiger charge is 2.32. The Hall–Kier alpha value is 0.170. The summed E-state index contributed by atoms with van der Waals surface area (Å²) in [5.74, 6) is 0. The lowest BCUT2D eigenvalue weighted by Crippen LogP contribution is -2.51. The van der Waals surface area contributed by atoms with Gasteiger partial charge in [-0.3, -0.25) is 4.90 Å². The highest BCUT2D eigenvalue weighted by atomic mass is 35.5. The Balaban J connectivity index is 0.000000720. The summed E-state index contributed by atoms with van der Waals surface area (Å²) >= 11 is 0. The fourth-order valence-corrected chi connectivity index (χ4v) is 1.80. The molecule has 0 radical (unpaired) electrons. The molecule has 0 atom stereocenters. The van der Waals surface area contributed by atoms with Crippen LogP contribution in [0.25, 0.3) is 0 Å². The summed E-state index contributed by atoms with van der Waals surface area (Å²) in [4.78, 5) is 2.43. The molecule has 4 heteroatoms. The summed E-state index contributed by atoms with van der Waals surface area (Å²) in [6.45, 7) is 3.84. The molecule has 0 aromatic carbocycles. The van der Waals surface area contributed by atoms with Crippen LogP contribution in [0.2, 0.25) is 0 Å². The first-order valence-electron chi connectivity index (χ1n) is 4.36. The van der Waals surface area contributed by atoms with Crippen LogP contribution in [0.3, 0.4) is 0 Å². The SMILES string of the molecule is Cl.OC1CC(N2CCOCC2)C1. The molecule has 0 aromatic heterocycles. The molecule has 0 spiro atoms. The van der Waals surface area contributed by atoms with Gasteiger partial charge in [0.1, 0.15) is 0 Å². The molecule has 0 amide bonds. The summed E-state index contributed by atoms with van der Waals surface area (Å²) in [6.07, 6.45) is 1.92. The lowest BCUT2D eigenvalue weighted by Gasteiger charge is -2.42. The second kappa shape index (κ2) is 4.42. The Labute approximate surface area is 79.1 Å². The van der Waals surface area contributed by atoms with Gasteiger partial charge in [0.2, 0.25) is 0 Å². The highest BCUT2D eigenvalue weighted by Crippen LogP contribution is 2.25. The van der Waals surface area contributed by atoms with Crippen LogP contribution in [0.4, 0.5) is 0 Å². The van der Waals surface area contributed by atoms with E-state index in [1.807, 2.05) is 0 Å². The first-order valence-corrected chi connectivity index (χ1v) is 4.36. The topological polar surface area (TPSA) is 32.7 Å². The van der Waals surface area contributed by atoms with Gasteiger partial charge in [0, 0.05) is 19.1 Å². The van der Waals surface area contributed by atoms with Gasteiger partial charge in [0.15, 0.2) is 0 Å². The lowest BCUT2D eigenvalue weighted by molar-refractivity contribution is -0.0451. The van der Waals surface area contributed by atoms with E-state index in [9.17, 15) is 0 Å². The highest BCUT2D eigenvalue weighted by molar-refractivity contribution is 5.85. The minimum Gasteiger partial charge on any atom is -0.393 e. The van der Waals surface area contributed by atoms with Crippen molar-refractivity contribution in [2.75, 3.05) is 26.3 Å². The molecule has 1 N–H and O–H groups in total. The second-order valence-electron chi connectivity index (χ2n) is 3.43. The third-order valence-corrected chi connectivity index (χ3v) is 2.65. The number of aliphatic hydroxyl groups is 1. The molecule has 0 bridgehead atoms. The van der Waals surface area contributed by atoms with Crippen LogP contribution in [0.5, 0.6) is 0 Å². The molecule has 2 fully saturated rings. The van der Waals surface area contributed by atoms with Crippen LogP contribution < -0.4 is 0 Å². The fraction of sp³-hybridized carbons (Fsp3) is 1.00. The van der Waals surface area contributed by atoms with E-state index in [1.165, 1.54) is 0 Å². The summed E-state index contributed by atoms with van der Waals surface area (Å²) < 4.78 is 5.24. The van der Waals surface area contributed by atoms with Crippen molar-refractivity contribution < 1.29 is 9.84 Å². The van der Waals surface area contributed by atoms with E-state index in [0.717, 1.165) is 39.1 Å². The normalized spacial score (nSPS) is 36.8. The maximum absolute atomic E-state index is 9.09. The van der Waals surface area contributed by atoms with Crippen molar-refractivity contribution in [2.45, 2.75) is 25.0 Å². The number of ether oxygens (including phenoxy) is 1. The Morgan fingerprint density at radius 2 is 1.75 bits per heavy atom. The smallest absolute Gasteiger partial charge is 0.0594 e. The van der Waals surface area contributed by atoms with Gasteiger partial charge in [-0.15, -0.1) is 12.4 Å². The molecule has 1 saturated heterocycles. The summed E-state index contributed by atoms with van der Waals surface area (Å²) in [7, 11) is 0. The monoisotopic (exact) mass is 193 g/mol. The average Bonchev–Trinajstić information content (AvgIpc) is 2.01. The number of morpholine rings is 1. The quantitative estimate of drug-likeness (QED) is 0.649. The number of rotatable bonds is 1. The standard InChI is InChI=1S/C8H15NO2.ClH/c10-8-5-7(6-8)9-1-3-11-4-2-9;/h7-8,10H,1-6H2;1H. The van der Waals surface area contributed by atoms with Crippen LogP contribution in [0.1, 0.15) is 12.8 Å². The summed E-state index contributed by atoms with van der Waals surface area (Å²) in [5, 5.41) is 9.09. The van der Waals surface area contributed by atoms with Crippen LogP contribution in [0.15, 0.2) is 0 Å². The molecular weight excluding hydrogens is 178 g/mol. The molecule has 2 rings (SSSR count). The number of hydrogen-bond donors (Lipinski definition) is 1. The van der Waals surface area contributed by atoms with Gasteiger partial charge in [-0.2, -0.15) is 0 Å². The minimum atomic E-state index is -0.0251. The van der Waals surface area contributed by atoms with E-state index in [4.69, 9.17) is 9.84 Å². The molecule has 0 aromatic rings. The predicted molar refractivity (Wildman–Crippen MR) is 48.7 cm³/mol. The van der Waals surface area contributed by atoms with Crippen molar-refractivity contribution in [1.82, 2.24) is 4.90 Å². The van der Waals surface area contributed by atoms with E-state index in [1.54, 1.807) is 0 Å². The van der Waals surface area contributed by atoms with E-state index in [-0.39, 0.29) is 18.5 Å². The van der Waals surface area contributed by atoms with Crippen molar-refractivity contribution in [3.8, 4) is 0 Å². The van der Waals surface area contributed by atoms with E-state index >= 15 is 0 Å². The van der Waals surface area contributed by atoms with Crippen molar-refractivity contribution in [1.29, 1.82) is 0 Å². The first-order chi connectivity index (χ1) is 5.36. The van der Waals surface area contributed by atoms with Crippen molar-refractivity contribution in [3.63, 3.8) is 0 Å². The Bertz CT molecular complexity index is 133. The third-order valence-electron chi connectivity index (χ3n) is 2.65. The molecule has 72 valence electrons. The summed E-state index contributed by atoms with van der Waals surface area (Å²) in [5.41, 5.74) is 0. The van der Waals surface area contributed by atoms with Crippen LogP contribution >= 0.6 is 12.4 Å². The van der Waals surface area contributed by atoms with Gasteiger partial charge in [-0.05, 0) is 12.8 Å². The molecule has 3 nitrogen and oxygen atoms in total. The Morgan fingerprint density at radius 3 is 2.25 bits per heavy atom. The van der Waals surface area contributed by atoms with Crippen LogP contribution in [-0.2, 0) is 4.74 Å². The number of nitrogens with zero attached hydrogens (tertiary/aromatic N) is 1. The van der Waals surface area contributed by atoms with Gasteiger partial charge in [-0.25, -0.2) is 0 Å². The maximum Gasteiger partial charge on any atom is 0.0594 e. The average molecular weight is 194 g/mol. The minimum absolute atomic E-state index is 0. The number of aliphatic hydroxyl groups excluding tert-OH is 1. The van der Waals surface area contributed by atoms with E-state index < -0.39 is 0 Å². The van der Waals surface area contributed by atoms with Gasteiger partial charge >= 0.3 is 0 Å². The van der Waals surface area contributed by atoms with Gasteiger partial charge in [0.25, 0.3) is 0 Å². The van der Waals surface area contributed by atoms with E-state index in [2.05, 4.69) is 4.90 Å². The molecule has 1 heterocycles. The van der Waals surface area contributed by atoms with Gasteiger partial charge in [-0.1, -0.05) is 0 Å². The zero-order chi connectivity index (χ0) is 7.68. The molecule has 1 aliphatic heterocycles. The first kappa shape index (κ1) is 10.3. The zero-order valence-electron chi connectivity index (χ0n) is 7.11. The summed E-state index contributed by atoms with van der Waals surface area (Å²) in [6, 6.07) is 0.647. The number of halogens is 1. The molecule has 0 unspecified atom stereocenters. The lowest BCUT2D eigenvalue weighted by atomic mass is 9.88. The van der Waals surface area contributed by atoms with Crippen molar-refractivity contribution in [2.24, 2.45) is 0 Å². The Morgan fingerprint density at radius 1 is 1.17 bits per heavy atom. The molecule has 12 heavy (non-hydrogen) atoms. The second-order valence-corrected chi connectivity index (χ2v) is 3.43. The van der Waals surface area contributed by atoms with E-state index in [0.29, 0.717) is 6.04 Å². The molecule has 1 saturated carbocycles. The van der Waals surface area contributed by atoms with Crippen LogP contribution in [-0.4, -0.2) is 48.5 Å². The third kappa shape index (κ3) is 2.10. The van der Waals surface area contributed by atoms with Crippen molar-refractivity contribution >= 4 is 12.4 Å². The Kier molecular flexibility index (Phi) is 3.77. The zero-order valence-corrected chi connectivity index (χ0v) is 7.92. The number of hydrogen-bond acceptors (Lipinski definition) is 3. The van der Waals surface area contributed by atoms with Gasteiger partial charge in [0.05, 0.1) is 19.3 Å². The van der Waals surface area contributed by atoms with Gasteiger partial charge < -0.3 is 9.84 Å². The van der Waals surface area contributed by atoms with Crippen LogP contribution in [0, 0.1) is 0 Å². The van der Waals surface area contributed by atoms with Crippen molar-refractivity contribution in [3.05, 3.63) is 0 Å². The maximum atomic E-state index is 9.09. The molecular formula is C8H16ClNO2. The largest absolute Gasteiger partial charge is 0.393 e. The molecule has 2 aliphatic rings. The fourth-order valence-electron chi connectivity index (χ4n) is 1.80. The molecule has 1 aliphatic carbocycles. The predicted octanol–water partition coefficient (Wildman–Crippen LogP) is 0.264.